The second-order valence-corrected chi connectivity index (χ2v) is 6.72. The number of anilines is 1. The average molecular weight is 369 g/mol. The van der Waals surface area contributed by atoms with Crippen molar-refractivity contribution in [1.29, 1.82) is 0 Å². The smallest absolute Gasteiger partial charge is 0.285 e. The molecule has 0 bridgehead atoms. The van der Waals surface area contributed by atoms with Crippen LogP contribution < -0.4 is 10.9 Å². The van der Waals surface area contributed by atoms with E-state index in [9.17, 15) is 4.79 Å². The lowest BCUT2D eigenvalue weighted by Gasteiger charge is -2.43. The number of aromatic nitrogens is 2. The summed E-state index contributed by atoms with van der Waals surface area (Å²) in [6, 6.07) is 8.41. The first-order chi connectivity index (χ1) is 10.1. The molecule has 2 aromatic rings. The van der Waals surface area contributed by atoms with Crippen molar-refractivity contribution in [1.82, 2.24) is 10.2 Å². The molecule has 0 unspecified atom stereocenters. The second kappa shape index (κ2) is 5.81. The van der Waals surface area contributed by atoms with E-state index >= 15 is 0 Å². The fourth-order valence-corrected chi connectivity index (χ4v) is 3.32. The van der Waals surface area contributed by atoms with E-state index < -0.39 is 0 Å². The Labute approximate surface area is 136 Å². The van der Waals surface area contributed by atoms with Crippen molar-refractivity contribution in [3.8, 4) is 0 Å². The molecule has 110 valence electrons. The average Bonchev–Trinajstić information content (AvgIpc) is 2.42. The fourth-order valence-electron chi connectivity index (χ4n) is 2.76. The minimum atomic E-state index is -0.369. The number of nitrogens with zero attached hydrogens (tertiary/aromatic N) is 1. The largest absolute Gasteiger partial charge is 0.381 e. The van der Waals surface area contributed by atoms with Gasteiger partial charge in [0.05, 0.1) is 11.9 Å². The Hall–Kier alpha value is -1.33. The van der Waals surface area contributed by atoms with E-state index in [0.717, 1.165) is 23.9 Å². The molecule has 1 aromatic heterocycles. The number of aromatic amines is 1. The molecule has 21 heavy (non-hydrogen) atoms. The highest BCUT2D eigenvalue weighted by molar-refractivity contribution is 9.10. The van der Waals surface area contributed by atoms with Crippen LogP contribution in [0.3, 0.4) is 0 Å². The first-order valence-corrected chi connectivity index (χ1v) is 8.01. The molecule has 0 amide bonds. The molecular weight excluding hydrogens is 354 g/mol. The molecule has 1 heterocycles. The summed E-state index contributed by atoms with van der Waals surface area (Å²) < 4.78 is 1.09. The topological polar surface area (TPSA) is 57.8 Å². The standard InChI is InChI=1S/C15H15BrClN3O/c16-11-4-1-3-10(7-11)15(5-2-6-15)9-18-12-8-19-20-14(21)13(12)17/h1,3-4,7-8H,2,5-6,9H2,(H2,18,20,21). The second-order valence-electron chi connectivity index (χ2n) is 5.42. The van der Waals surface area contributed by atoms with E-state index in [-0.39, 0.29) is 16.0 Å². The number of nitrogens with one attached hydrogen (secondary N) is 2. The van der Waals surface area contributed by atoms with Crippen LogP contribution in [-0.2, 0) is 5.41 Å². The SMILES string of the molecule is O=c1[nH]ncc(NCC2(c3cccc(Br)c3)CCC2)c1Cl. The van der Waals surface area contributed by atoms with Gasteiger partial charge in [0.2, 0.25) is 0 Å². The Kier molecular flexibility index (Phi) is 4.04. The van der Waals surface area contributed by atoms with Gasteiger partial charge < -0.3 is 5.32 Å². The summed E-state index contributed by atoms with van der Waals surface area (Å²) >= 11 is 9.53. The maximum absolute atomic E-state index is 11.5. The zero-order valence-electron chi connectivity index (χ0n) is 11.3. The van der Waals surface area contributed by atoms with Crippen LogP contribution in [0.15, 0.2) is 39.7 Å². The van der Waals surface area contributed by atoms with Crippen LogP contribution in [0.25, 0.3) is 0 Å². The summed E-state index contributed by atoms with van der Waals surface area (Å²) in [6.45, 7) is 0.744. The van der Waals surface area contributed by atoms with Gasteiger partial charge in [-0.2, -0.15) is 5.10 Å². The monoisotopic (exact) mass is 367 g/mol. The molecule has 1 aliphatic rings. The van der Waals surface area contributed by atoms with E-state index in [2.05, 4.69) is 49.6 Å². The van der Waals surface area contributed by atoms with Crippen LogP contribution in [0, 0.1) is 0 Å². The number of rotatable bonds is 4. The molecule has 0 aliphatic heterocycles. The third-order valence-corrected chi connectivity index (χ3v) is 5.03. The molecule has 1 aliphatic carbocycles. The third kappa shape index (κ3) is 2.85. The van der Waals surface area contributed by atoms with Gasteiger partial charge in [0.15, 0.2) is 0 Å². The first kappa shape index (κ1) is 14.6. The predicted octanol–water partition coefficient (Wildman–Crippen LogP) is 3.72. The molecule has 3 rings (SSSR count). The van der Waals surface area contributed by atoms with Crippen LogP contribution in [0.2, 0.25) is 5.02 Å². The summed E-state index contributed by atoms with van der Waals surface area (Å²) in [7, 11) is 0. The molecule has 0 radical (unpaired) electrons. The van der Waals surface area contributed by atoms with Crippen LogP contribution in [0.5, 0.6) is 0 Å². The molecular formula is C15H15BrClN3O. The highest BCUT2D eigenvalue weighted by Crippen LogP contribution is 2.44. The summed E-state index contributed by atoms with van der Waals surface area (Å²) in [5.41, 5.74) is 1.63. The van der Waals surface area contributed by atoms with Gasteiger partial charge in [-0.3, -0.25) is 4.79 Å². The molecule has 1 aromatic carbocycles. The normalized spacial score (nSPS) is 16.3. The fraction of sp³-hybridized carbons (Fsp3) is 0.333. The molecule has 1 fully saturated rings. The molecule has 1 saturated carbocycles. The highest BCUT2D eigenvalue weighted by atomic mass is 79.9. The van der Waals surface area contributed by atoms with Crippen molar-refractivity contribution in [2.45, 2.75) is 24.7 Å². The number of benzene rings is 1. The summed E-state index contributed by atoms with van der Waals surface area (Å²) in [6.07, 6.45) is 5.03. The predicted molar refractivity (Wildman–Crippen MR) is 88.0 cm³/mol. The lowest BCUT2D eigenvalue weighted by Crippen LogP contribution is -2.41. The Bertz CT molecular complexity index is 712. The van der Waals surface area contributed by atoms with Gasteiger partial charge in [0.25, 0.3) is 5.56 Å². The van der Waals surface area contributed by atoms with Crippen LogP contribution in [0.1, 0.15) is 24.8 Å². The van der Waals surface area contributed by atoms with E-state index in [1.54, 1.807) is 6.20 Å². The maximum atomic E-state index is 11.5. The highest BCUT2D eigenvalue weighted by Gasteiger charge is 2.38. The molecule has 0 atom stereocenters. The van der Waals surface area contributed by atoms with Gasteiger partial charge in [0.1, 0.15) is 5.02 Å². The van der Waals surface area contributed by atoms with Crippen LogP contribution in [0.4, 0.5) is 5.69 Å². The van der Waals surface area contributed by atoms with E-state index in [4.69, 9.17) is 11.6 Å². The van der Waals surface area contributed by atoms with Gasteiger partial charge >= 0.3 is 0 Å². The van der Waals surface area contributed by atoms with Gasteiger partial charge in [-0.25, -0.2) is 5.10 Å². The van der Waals surface area contributed by atoms with E-state index in [0.29, 0.717) is 5.69 Å². The van der Waals surface area contributed by atoms with Gasteiger partial charge in [0, 0.05) is 16.4 Å². The molecule has 2 N–H and O–H groups in total. The van der Waals surface area contributed by atoms with Crippen molar-refractivity contribution in [2.75, 3.05) is 11.9 Å². The van der Waals surface area contributed by atoms with E-state index in [1.807, 2.05) is 6.07 Å². The van der Waals surface area contributed by atoms with Crippen molar-refractivity contribution in [3.05, 3.63) is 55.9 Å². The molecule has 0 saturated heterocycles. The Morgan fingerprint density at radius 2 is 2.24 bits per heavy atom. The van der Waals surface area contributed by atoms with Gasteiger partial charge in [-0.1, -0.05) is 46.1 Å². The quantitative estimate of drug-likeness (QED) is 0.865. The van der Waals surface area contributed by atoms with Crippen LogP contribution >= 0.6 is 27.5 Å². The number of halogens is 2. The number of H-pyrrole nitrogens is 1. The summed E-state index contributed by atoms with van der Waals surface area (Å²) in [5, 5.41) is 9.55. The first-order valence-electron chi connectivity index (χ1n) is 6.84. The number of hydrogen-bond acceptors (Lipinski definition) is 3. The molecule has 6 heteroatoms. The van der Waals surface area contributed by atoms with Gasteiger partial charge in [-0.05, 0) is 30.5 Å². The zero-order valence-corrected chi connectivity index (χ0v) is 13.7. The summed E-state index contributed by atoms with van der Waals surface area (Å²) in [5.74, 6) is 0. The number of hydrogen-bond donors (Lipinski definition) is 2. The van der Waals surface area contributed by atoms with Gasteiger partial charge in [-0.15, -0.1) is 0 Å². The maximum Gasteiger partial charge on any atom is 0.285 e. The Morgan fingerprint density at radius 1 is 1.43 bits per heavy atom. The lowest BCUT2D eigenvalue weighted by molar-refractivity contribution is 0.260. The van der Waals surface area contributed by atoms with Crippen molar-refractivity contribution in [3.63, 3.8) is 0 Å². The summed E-state index contributed by atoms with van der Waals surface area (Å²) in [4.78, 5) is 11.5. The third-order valence-electron chi connectivity index (χ3n) is 4.16. The molecule has 4 nitrogen and oxygen atoms in total. The lowest BCUT2D eigenvalue weighted by atomic mass is 9.64. The minimum Gasteiger partial charge on any atom is -0.381 e. The van der Waals surface area contributed by atoms with Crippen molar-refractivity contribution < 1.29 is 0 Å². The molecule has 0 spiro atoms. The Balaban J connectivity index is 1.82. The Morgan fingerprint density at radius 3 is 2.90 bits per heavy atom. The van der Waals surface area contributed by atoms with Crippen LogP contribution in [-0.4, -0.2) is 16.7 Å². The van der Waals surface area contributed by atoms with Crippen molar-refractivity contribution >= 4 is 33.2 Å². The minimum absolute atomic E-state index is 0.107. The van der Waals surface area contributed by atoms with E-state index in [1.165, 1.54) is 12.0 Å². The zero-order chi connectivity index (χ0) is 14.9. The van der Waals surface area contributed by atoms with Crippen molar-refractivity contribution in [2.24, 2.45) is 0 Å².